The van der Waals surface area contributed by atoms with Crippen molar-refractivity contribution in [2.75, 3.05) is 20.2 Å². The highest BCUT2D eigenvalue weighted by molar-refractivity contribution is 7.89. The third-order valence-corrected chi connectivity index (χ3v) is 5.23. The van der Waals surface area contributed by atoms with E-state index < -0.39 is 46.6 Å². The monoisotopic (exact) mass is 383 g/mol. The molecule has 0 atom stereocenters. The molecule has 2 aromatic rings. The van der Waals surface area contributed by atoms with E-state index in [4.69, 9.17) is 4.74 Å². The summed E-state index contributed by atoms with van der Waals surface area (Å²) in [6.07, 6.45) is 0. The molecule has 0 aliphatic carbocycles. The molecule has 0 aromatic heterocycles. The molecular weight excluding hydrogens is 368 g/mol. The van der Waals surface area contributed by atoms with E-state index in [1.165, 1.54) is 18.2 Å². The Kier molecular flexibility index (Phi) is 6.17. The van der Waals surface area contributed by atoms with Gasteiger partial charge in [0.25, 0.3) is 0 Å². The molecule has 0 N–H and O–H groups in total. The second-order valence-electron chi connectivity index (χ2n) is 5.28. The van der Waals surface area contributed by atoms with E-state index in [-0.39, 0.29) is 10.5 Å². The van der Waals surface area contributed by atoms with Crippen molar-refractivity contribution in [1.82, 2.24) is 4.31 Å². The maximum atomic E-state index is 13.5. The van der Waals surface area contributed by atoms with Crippen molar-refractivity contribution in [3.8, 4) is 0 Å². The Morgan fingerprint density at radius 3 is 2.27 bits per heavy atom. The smallest absolute Gasteiger partial charge is 0.321 e. The van der Waals surface area contributed by atoms with Crippen LogP contribution in [0.4, 0.5) is 8.78 Å². The number of carbonyl (C=O) groups is 2. The second-order valence-corrected chi connectivity index (χ2v) is 7.32. The van der Waals surface area contributed by atoms with Gasteiger partial charge >= 0.3 is 5.97 Å². The zero-order chi connectivity index (χ0) is 19.3. The quantitative estimate of drug-likeness (QED) is 0.540. The molecule has 0 unspecified atom stereocenters. The molecule has 0 bridgehead atoms. The maximum Gasteiger partial charge on any atom is 0.321 e. The predicted octanol–water partition coefficient (Wildman–Crippen LogP) is 2.01. The molecule has 0 aliphatic heterocycles. The average molecular weight is 383 g/mol. The number of esters is 1. The highest BCUT2D eigenvalue weighted by Gasteiger charge is 2.24. The van der Waals surface area contributed by atoms with Crippen molar-refractivity contribution in [1.29, 1.82) is 0 Å². The van der Waals surface area contributed by atoms with Crippen molar-refractivity contribution >= 4 is 21.8 Å². The van der Waals surface area contributed by atoms with Crippen LogP contribution < -0.4 is 0 Å². The zero-order valence-corrected chi connectivity index (χ0v) is 14.5. The Morgan fingerprint density at radius 1 is 1.04 bits per heavy atom. The first kappa shape index (κ1) is 19.7. The SMILES string of the molecule is CN(CC(=O)OCC(=O)c1ccccc1F)S(=O)(=O)c1ccc(F)cc1. The third kappa shape index (κ3) is 4.70. The summed E-state index contributed by atoms with van der Waals surface area (Å²) in [5.74, 6) is -3.08. The summed E-state index contributed by atoms with van der Waals surface area (Å²) >= 11 is 0. The molecule has 138 valence electrons. The normalized spacial score (nSPS) is 11.4. The fourth-order valence-corrected chi connectivity index (χ4v) is 3.13. The molecule has 6 nitrogen and oxygen atoms in total. The van der Waals surface area contributed by atoms with Gasteiger partial charge in [0, 0.05) is 7.05 Å². The van der Waals surface area contributed by atoms with Gasteiger partial charge in [-0.25, -0.2) is 17.2 Å². The van der Waals surface area contributed by atoms with E-state index in [0.717, 1.165) is 37.4 Å². The number of likely N-dealkylation sites (N-methyl/N-ethyl adjacent to an activating group) is 1. The minimum absolute atomic E-state index is 0.198. The van der Waals surface area contributed by atoms with Crippen molar-refractivity contribution in [3.05, 3.63) is 65.7 Å². The van der Waals surface area contributed by atoms with Gasteiger partial charge in [0.2, 0.25) is 15.8 Å². The summed E-state index contributed by atoms with van der Waals surface area (Å²) in [6.45, 7) is -1.38. The van der Waals surface area contributed by atoms with Crippen molar-refractivity contribution in [2.24, 2.45) is 0 Å². The molecule has 2 rings (SSSR count). The van der Waals surface area contributed by atoms with E-state index in [1.54, 1.807) is 0 Å². The Balaban J connectivity index is 1.95. The predicted molar refractivity (Wildman–Crippen MR) is 87.9 cm³/mol. The number of hydrogen-bond acceptors (Lipinski definition) is 5. The lowest BCUT2D eigenvalue weighted by Gasteiger charge is -2.16. The summed E-state index contributed by atoms with van der Waals surface area (Å²) in [5, 5.41) is 0. The number of ether oxygens (including phenoxy) is 1. The van der Waals surface area contributed by atoms with Crippen LogP contribution in [-0.2, 0) is 19.6 Å². The Labute approximate surface area is 149 Å². The molecule has 26 heavy (non-hydrogen) atoms. The number of sulfonamides is 1. The number of benzene rings is 2. The molecule has 0 fully saturated rings. The topological polar surface area (TPSA) is 80.8 Å². The maximum absolute atomic E-state index is 13.5. The molecule has 2 aromatic carbocycles. The molecule has 0 aliphatic rings. The molecule has 0 heterocycles. The molecule has 0 amide bonds. The average Bonchev–Trinajstić information content (AvgIpc) is 2.60. The number of hydrogen-bond donors (Lipinski definition) is 0. The summed E-state index contributed by atoms with van der Waals surface area (Å²) in [7, 11) is -2.89. The number of rotatable bonds is 7. The van der Waals surface area contributed by atoms with E-state index in [2.05, 4.69) is 0 Å². The van der Waals surface area contributed by atoms with Crippen LogP contribution >= 0.6 is 0 Å². The Bertz CT molecular complexity index is 913. The van der Waals surface area contributed by atoms with Crippen LogP contribution in [0.15, 0.2) is 53.4 Å². The van der Waals surface area contributed by atoms with Crippen LogP contribution in [0.5, 0.6) is 0 Å². The second kappa shape index (κ2) is 8.15. The number of ketones is 1. The van der Waals surface area contributed by atoms with Gasteiger partial charge in [-0.1, -0.05) is 12.1 Å². The van der Waals surface area contributed by atoms with Crippen molar-refractivity contribution in [2.45, 2.75) is 4.90 Å². The van der Waals surface area contributed by atoms with Crippen LogP contribution in [-0.4, -0.2) is 44.7 Å². The van der Waals surface area contributed by atoms with Gasteiger partial charge in [0.05, 0.1) is 10.5 Å². The van der Waals surface area contributed by atoms with Crippen LogP contribution in [0.3, 0.4) is 0 Å². The minimum Gasteiger partial charge on any atom is -0.456 e. The first-order valence-electron chi connectivity index (χ1n) is 7.37. The first-order valence-corrected chi connectivity index (χ1v) is 8.81. The van der Waals surface area contributed by atoms with Crippen LogP contribution in [0.2, 0.25) is 0 Å². The third-order valence-electron chi connectivity index (χ3n) is 3.41. The summed E-state index contributed by atoms with van der Waals surface area (Å²) in [5.41, 5.74) is -0.229. The van der Waals surface area contributed by atoms with Gasteiger partial charge < -0.3 is 4.74 Å². The largest absolute Gasteiger partial charge is 0.456 e. The lowest BCUT2D eigenvalue weighted by Crippen LogP contribution is -2.33. The number of nitrogens with zero attached hydrogens (tertiary/aromatic N) is 1. The fourth-order valence-electron chi connectivity index (χ4n) is 2.01. The summed E-state index contributed by atoms with van der Waals surface area (Å²) in [6, 6.07) is 9.30. The lowest BCUT2D eigenvalue weighted by molar-refractivity contribution is -0.142. The Morgan fingerprint density at radius 2 is 1.65 bits per heavy atom. The van der Waals surface area contributed by atoms with Gasteiger partial charge in [-0.2, -0.15) is 4.31 Å². The number of Topliss-reactive ketones (excluding diaryl/α,β-unsaturated/α-hetero) is 1. The molecular formula is C17H15F2NO5S. The van der Waals surface area contributed by atoms with Crippen LogP contribution in [0.25, 0.3) is 0 Å². The standard InChI is InChI=1S/C17H15F2NO5S/c1-20(26(23,24)13-8-6-12(18)7-9-13)10-17(22)25-11-16(21)14-4-2-3-5-15(14)19/h2-9H,10-11H2,1H3. The first-order chi connectivity index (χ1) is 12.2. The van der Waals surface area contributed by atoms with Crippen molar-refractivity contribution < 1.29 is 31.5 Å². The Hall–Kier alpha value is -2.65. The fraction of sp³-hybridized carbons (Fsp3) is 0.176. The van der Waals surface area contributed by atoms with Gasteiger partial charge in [-0.3, -0.25) is 9.59 Å². The highest BCUT2D eigenvalue weighted by Crippen LogP contribution is 2.14. The van der Waals surface area contributed by atoms with E-state index in [9.17, 15) is 26.8 Å². The van der Waals surface area contributed by atoms with Gasteiger partial charge in [0.15, 0.2) is 6.61 Å². The molecule has 0 saturated carbocycles. The van der Waals surface area contributed by atoms with E-state index in [0.29, 0.717) is 4.31 Å². The lowest BCUT2D eigenvalue weighted by atomic mass is 10.1. The van der Waals surface area contributed by atoms with Gasteiger partial charge in [-0.15, -0.1) is 0 Å². The summed E-state index contributed by atoms with van der Waals surface area (Å²) < 4.78 is 56.3. The molecule has 0 saturated heterocycles. The molecule has 9 heteroatoms. The molecule has 0 spiro atoms. The van der Waals surface area contributed by atoms with E-state index >= 15 is 0 Å². The van der Waals surface area contributed by atoms with Crippen molar-refractivity contribution in [3.63, 3.8) is 0 Å². The van der Waals surface area contributed by atoms with Gasteiger partial charge in [-0.05, 0) is 36.4 Å². The number of carbonyl (C=O) groups excluding carboxylic acids is 2. The zero-order valence-electron chi connectivity index (χ0n) is 13.7. The van der Waals surface area contributed by atoms with Gasteiger partial charge in [0.1, 0.15) is 18.2 Å². The molecule has 0 radical (unpaired) electrons. The van der Waals surface area contributed by atoms with Crippen LogP contribution in [0.1, 0.15) is 10.4 Å². The van der Waals surface area contributed by atoms with E-state index in [1.807, 2.05) is 0 Å². The number of halogens is 2. The minimum atomic E-state index is -4.03. The summed E-state index contributed by atoms with van der Waals surface area (Å²) in [4.78, 5) is 23.4. The van der Waals surface area contributed by atoms with Crippen LogP contribution in [0, 0.1) is 11.6 Å². The highest BCUT2D eigenvalue weighted by atomic mass is 32.2.